The van der Waals surface area contributed by atoms with E-state index < -0.39 is 0 Å². The Morgan fingerprint density at radius 3 is 2.62 bits per heavy atom. The molecule has 134 valence electrons. The molecule has 2 N–H and O–H groups in total. The lowest BCUT2D eigenvalue weighted by Crippen LogP contribution is -2.09. The molecular weight excluding hydrogens is 346 g/mol. The van der Waals surface area contributed by atoms with E-state index in [2.05, 4.69) is 51.8 Å². The van der Waals surface area contributed by atoms with Crippen LogP contribution in [0.3, 0.4) is 0 Å². The average Bonchev–Trinajstić information content (AvgIpc) is 2.63. The summed E-state index contributed by atoms with van der Waals surface area (Å²) in [6.45, 7) is 5.06. The number of nitrogens with zero attached hydrogens (tertiary/aromatic N) is 3. The molecule has 1 heterocycles. The summed E-state index contributed by atoms with van der Waals surface area (Å²) in [7, 11) is 0. The largest absolute Gasteiger partial charge is 0.353 e. The minimum Gasteiger partial charge on any atom is -0.353 e. The summed E-state index contributed by atoms with van der Waals surface area (Å²) in [5.74, 6) is 1.67. The molecule has 0 radical (unpaired) electrons. The van der Waals surface area contributed by atoms with Gasteiger partial charge in [-0.2, -0.15) is 10.1 Å². The number of hydrogen-bond donors (Lipinski definition) is 2. The van der Waals surface area contributed by atoms with Gasteiger partial charge in [0.25, 0.3) is 0 Å². The summed E-state index contributed by atoms with van der Waals surface area (Å²) in [5, 5.41) is 15.2. The fourth-order valence-corrected chi connectivity index (χ4v) is 2.76. The highest BCUT2D eigenvalue weighted by molar-refractivity contribution is 6.30. The van der Waals surface area contributed by atoms with E-state index >= 15 is 0 Å². The Balaban J connectivity index is 1.57. The van der Waals surface area contributed by atoms with E-state index in [0.717, 1.165) is 22.7 Å². The standard InChI is InChI=1S/C20H22ClN5/c1-14(2)16-6-8-18(9-7-16)24-19-13-23-26-20(25-19)22-11-10-15-4-3-5-17(21)12-15/h3-9,12-14H,10-11H2,1-2H3,(H2,22,24,25,26). The number of rotatable bonds is 7. The van der Waals surface area contributed by atoms with Crippen molar-refractivity contribution in [3.8, 4) is 0 Å². The van der Waals surface area contributed by atoms with E-state index in [-0.39, 0.29) is 0 Å². The molecule has 0 unspecified atom stereocenters. The van der Waals surface area contributed by atoms with Gasteiger partial charge in [-0.25, -0.2) is 0 Å². The molecule has 3 aromatic rings. The first kappa shape index (κ1) is 18.1. The van der Waals surface area contributed by atoms with Gasteiger partial charge < -0.3 is 10.6 Å². The van der Waals surface area contributed by atoms with Crippen molar-refractivity contribution in [1.29, 1.82) is 0 Å². The third kappa shape index (κ3) is 5.17. The Kier molecular flexibility index (Phi) is 6.02. The highest BCUT2D eigenvalue weighted by atomic mass is 35.5. The fraction of sp³-hybridized carbons (Fsp3) is 0.250. The maximum atomic E-state index is 6.00. The number of nitrogens with one attached hydrogen (secondary N) is 2. The van der Waals surface area contributed by atoms with Crippen LogP contribution in [0.25, 0.3) is 0 Å². The zero-order chi connectivity index (χ0) is 18.4. The van der Waals surface area contributed by atoms with Crippen molar-refractivity contribution < 1.29 is 0 Å². The van der Waals surface area contributed by atoms with Gasteiger partial charge in [-0.05, 0) is 47.7 Å². The fourth-order valence-electron chi connectivity index (χ4n) is 2.55. The molecule has 1 aromatic heterocycles. The van der Waals surface area contributed by atoms with Crippen LogP contribution in [-0.2, 0) is 6.42 Å². The maximum absolute atomic E-state index is 6.00. The molecule has 0 fully saturated rings. The highest BCUT2D eigenvalue weighted by Crippen LogP contribution is 2.19. The van der Waals surface area contributed by atoms with Crippen LogP contribution in [0.15, 0.2) is 54.7 Å². The molecule has 0 amide bonds. The van der Waals surface area contributed by atoms with Gasteiger partial charge in [0, 0.05) is 17.3 Å². The normalized spacial score (nSPS) is 10.8. The summed E-state index contributed by atoms with van der Waals surface area (Å²) >= 11 is 6.00. The second-order valence-electron chi connectivity index (χ2n) is 6.37. The van der Waals surface area contributed by atoms with Gasteiger partial charge in [0.1, 0.15) is 0 Å². The van der Waals surface area contributed by atoms with Gasteiger partial charge in [-0.3, -0.25) is 0 Å². The molecule has 0 spiro atoms. The lowest BCUT2D eigenvalue weighted by molar-refractivity contribution is 0.867. The van der Waals surface area contributed by atoms with Gasteiger partial charge in [0.2, 0.25) is 5.95 Å². The zero-order valence-electron chi connectivity index (χ0n) is 14.9. The van der Waals surface area contributed by atoms with Crippen LogP contribution in [0.5, 0.6) is 0 Å². The molecule has 5 nitrogen and oxygen atoms in total. The van der Waals surface area contributed by atoms with Crippen LogP contribution in [0.2, 0.25) is 5.02 Å². The van der Waals surface area contributed by atoms with Crippen molar-refractivity contribution in [3.05, 3.63) is 70.9 Å². The quantitative estimate of drug-likeness (QED) is 0.612. The summed E-state index contributed by atoms with van der Waals surface area (Å²) in [4.78, 5) is 4.45. The third-order valence-electron chi connectivity index (χ3n) is 3.99. The Labute approximate surface area is 158 Å². The minimum atomic E-state index is 0.496. The lowest BCUT2D eigenvalue weighted by atomic mass is 10.0. The SMILES string of the molecule is CC(C)c1ccc(Nc2cnnc(NCCc3cccc(Cl)c3)n2)cc1. The van der Waals surface area contributed by atoms with E-state index in [1.165, 1.54) is 5.56 Å². The number of hydrogen-bond acceptors (Lipinski definition) is 5. The highest BCUT2D eigenvalue weighted by Gasteiger charge is 2.03. The first-order chi connectivity index (χ1) is 12.6. The molecule has 0 aliphatic rings. The van der Waals surface area contributed by atoms with Crippen molar-refractivity contribution in [2.75, 3.05) is 17.2 Å². The maximum Gasteiger partial charge on any atom is 0.244 e. The van der Waals surface area contributed by atoms with Crippen LogP contribution < -0.4 is 10.6 Å². The van der Waals surface area contributed by atoms with Crippen LogP contribution in [0.4, 0.5) is 17.5 Å². The van der Waals surface area contributed by atoms with E-state index in [9.17, 15) is 0 Å². The summed E-state index contributed by atoms with van der Waals surface area (Å²) < 4.78 is 0. The summed E-state index contributed by atoms with van der Waals surface area (Å²) in [6, 6.07) is 16.1. The van der Waals surface area contributed by atoms with Crippen molar-refractivity contribution >= 4 is 29.1 Å². The first-order valence-corrected chi connectivity index (χ1v) is 9.03. The molecule has 2 aromatic carbocycles. The molecule has 0 aliphatic heterocycles. The predicted octanol–water partition coefficient (Wildman–Crippen LogP) is 5.05. The molecular formula is C20H22ClN5. The number of aromatic nitrogens is 3. The van der Waals surface area contributed by atoms with E-state index in [4.69, 9.17) is 11.6 Å². The van der Waals surface area contributed by atoms with Crippen LogP contribution >= 0.6 is 11.6 Å². The van der Waals surface area contributed by atoms with Crippen LogP contribution in [-0.4, -0.2) is 21.7 Å². The average molecular weight is 368 g/mol. The summed E-state index contributed by atoms with van der Waals surface area (Å²) in [6.07, 6.45) is 2.44. The molecule has 26 heavy (non-hydrogen) atoms. The number of benzene rings is 2. The van der Waals surface area contributed by atoms with Gasteiger partial charge in [-0.1, -0.05) is 49.7 Å². The minimum absolute atomic E-state index is 0.496. The smallest absolute Gasteiger partial charge is 0.244 e. The van der Waals surface area contributed by atoms with Gasteiger partial charge in [0.05, 0.1) is 6.20 Å². The molecule has 6 heteroatoms. The Morgan fingerprint density at radius 1 is 1.08 bits per heavy atom. The molecule has 0 saturated heterocycles. The van der Waals surface area contributed by atoms with Crippen molar-refractivity contribution in [2.45, 2.75) is 26.2 Å². The van der Waals surface area contributed by atoms with E-state index in [1.54, 1.807) is 6.20 Å². The monoisotopic (exact) mass is 367 g/mol. The van der Waals surface area contributed by atoms with Crippen molar-refractivity contribution in [2.24, 2.45) is 0 Å². The molecule has 0 aliphatic carbocycles. The number of halogens is 1. The molecule has 0 saturated carbocycles. The molecule has 0 atom stereocenters. The van der Waals surface area contributed by atoms with Crippen LogP contribution in [0.1, 0.15) is 30.9 Å². The third-order valence-corrected chi connectivity index (χ3v) is 4.23. The van der Waals surface area contributed by atoms with Gasteiger partial charge in [-0.15, -0.1) is 5.10 Å². The second-order valence-corrected chi connectivity index (χ2v) is 6.81. The zero-order valence-corrected chi connectivity index (χ0v) is 15.7. The van der Waals surface area contributed by atoms with E-state index in [0.29, 0.717) is 24.2 Å². The van der Waals surface area contributed by atoms with Gasteiger partial charge in [0.15, 0.2) is 5.82 Å². The number of anilines is 3. The van der Waals surface area contributed by atoms with Crippen molar-refractivity contribution in [1.82, 2.24) is 15.2 Å². The Bertz CT molecular complexity index is 849. The Morgan fingerprint density at radius 2 is 1.88 bits per heavy atom. The Hall–Kier alpha value is -2.66. The van der Waals surface area contributed by atoms with E-state index in [1.807, 2.05) is 36.4 Å². The van der Waals surface area contributed by atoms with Crippen molar-refractivity contribution in [3.63, 3.8) is 0 Å². The molecule has 0 bridgehead atoms. The topological polar surface area (TPSA) is 62.7 Å². The predicted molar refractivity (Wildman–Crippen MR) is 107 cm³/mol. The van der Waals surface area contributed by atoms with Gasteiger partial charge >= 0.3 is 0 Å². The molecule has 3 rings (SSSR count). The lowest BCUT2D eigenvalue weighted by Gasteiger charge is -2.09. The first-order valence-electron chi connectivity index (χ1n) is 8.65. The van der Waals surface area contributed by atoms with Crippen LogP contribution in [0, 0.1) is 0 Å². The second kappa shape index (κ2) is 8.63. The summed E-state index contributed by atoms with van der Waals surface area (Å²) in [5.41, 5.74) is 3.44.